The van der Waals surface area contributed by atoms with Gasteiger partial charge in [-0.05, 0) is 19.1 Å². The summed E-state index contributed by atoms with van der Waals surface area (Å²) in [6.45, 7) is 1.85. The molecule has 0 fully saturated rings. The number of aryl methyl sites for hydroxylation is 1. The first-order chi connectivity index (χ1) is 5.11. The molecule has 0 aromatic heterocycles. The first kappa shape index (κ1) is 7.72. The largest absolute Gasteiger partial charge is 0.287 e. The van der Waals surface area contributed by atoms with Gasteiger partial charge in [-0.1, -0.05) is 11.6 Å². The molecule has 0 aliphatic carbocycles. The van der Waals surface area contributed by atoms with Crippen molar-refractivity contribution in [3.63, 3.8) is 0 Å². The van der Waals surface area contributed by atoms with Gasteiger partial charge in [-0.2, -0.15) is 0 Å². The number of hydrogen-bond acceptors (Lipinski definition) is 0. The van der Waals surface area contributed by atoms with Gasteiger partial charge < -0.3 is 0 Å². The normalized spacial score (nSPS) is 9.64. The van der Waals surface area contributed by atoms with Crippen molar-refractivity contribution in [2.75, 3.05) is 0 Å². The maximum Gasteiger partial charge on any atom is 0.273 e. The third kappa shape index (κ3) is 1.55. The quantitative estimate of drug-likeness (QED) is 0.418. The Labute approximate surface area is 64.4 Å². The molecular formula is C8H10FN2+. The van der Waals surface area contributed by atoms with Crippen LogP contribution in [-0.4, -0.2) is 5.84 Å². The van der Waals surface area contributed by atoms with Gasteiger partial charge in [0.1, 0.15) is 5.82 Å². The first-order valence-electron chi connectivity index (χ1n) is 3.25. The third-order valence-electron chi connectivity index (χ3n) is 1.43. The Bertz CT molecular complexity index is 294. The minimum Gasteiger partial charge on any atom is -0.287 e. The second kappa shape index (κ2) is 2.70. The van der Waals surface area contributed by atoms with E-state index in [9.17, 15) is 4.39 Å². The van der Waals surface area contributed by atoms with Crippen LogP contribution < -0.4 is 11.1 Å². The zero-order valence-corrected chi connectivity index (χ0v) is 6.26. The van der Waals surface area contributed by atoms with Crippen molar-refractivity contribution in [3.05, 3.63) is 35.1 Å². The van der Waals surface area contributed by atoms with E-state index in [2.05, 4.69) is 0 Å². The average Bonchev–Trinajstić information content (AvgIpc) is 1.94. The Kier molecular flexibility index (Phi) is 1.89. The summed E-state index contributed by atoms with van der Waals surface area (Å²) in [7, 11) is 0. The van der Waals surface area contributed by atoms with Crippen LogP contribution in [0.1, 0.15) is 11.1 Å². The van der Waals surface area contributed by atoms with Gasteiger partial charge in [-0.3, -0.25) is 11.1 Å². The fourth-order valence-corrected chi connectivity index (χ4v) is 0.860. The fourth-order valence-electron chi connectivity index (χ4n) is 0.860. The lowest BCUT2D eigenvalue weighted by atomic mass is 10.1. The van der Waals surface area contributed by atoms with E-state index in [-0.39, 0.29) is 17.2 Å². The summed E-state index contributed by atoms with van der Waals surface area (Å²) in [6.07, 6.45) is 0. The SMILES string of the molecule is Cc1ccc(F)c(C(N)=[NH2+])c1. The maximum atomic E-state index is 12.8. The van der Waals surface area contributed by atoms with Crippen LogP contribution in [0.25, 0.3) is 0 Å². The minimum atomic E-state index is -0.379. The molecule has 58 valence electrons. The molecule has 3 heteroatoms. The van der Waals surface area contributed by atoms with Crippen molar-refractivity contribution in [1.82, 2.24) is 0 Å². The highest BCUT2D eigenvalue weighted by molar-refractivity contribution is 5.92. The molecule has 0 spiro atoms. The van der Waals surface area contributed by atoms with E-state index in [1.165, 1.54) is 6.07 Å². The Morgan fingerprint density at radius 1 is 1.55 bits per heavy atom. The predicted molar refractivity (Wildman–Crippen MR) is 41.4 cm³/mol. The molecule has 0 amide bonds. The lowest BCUT2D eigenvalue weighted by Crippen LogP contribution is -2.46. The highest BCUT2D eigenvalue weighted by Gasteiger charge is 2.07. The molecule has 0 aliphatic heterocycles. The molecule has 0 aliphatic rings. The van der Waals surface area contributed by atoms with Crippen LogP contribution in [0.15, 0.2) is 18.2 Å². The number of rotatable bonds is 1. The molecule has 0 saturated carbocycles. The Balaban J connectivity index is 3.23. The van der Waals surface area contributed by atoms with E-state index in [1.54, 1.807) is 12.1 Å². The van der Waals surface area contributed by atoms with Crippen molar-refractivity contribution in [1.29, 1.82) is 0 Å². The summed E-state index contributed by atoms with van der Waals surface area (Å²) < 4.78 is 12.8. The number of halogens is 1. The summed E-state index contributed by atoms with van der Waals surface area (Å²) in [6, 6.07) is 4.64. The summed E-state index contributed by atoms with van der Waals surface area (Å²) in [5.74, 6) is -0.359. The van der Waals surface area contributed by atoms with Gasteiger partial charge in [0.05, 0.1) is 5.56 Å². The molecule has 0 unspecified atom stereocenters. The van der Waals surface area contributed by atoms with Gasteiger partial charge in [0.15, 0.2) is 0 Å². The predicted octanol–water partition coefficient (Wildman–Crippen LogP) is -0.401. The van der Waals surface area contributed by atoms with Crippen LogP contribution in [0.3, 0.4) is 0 Å². The Hall–Kier alpha value is -1.38. The monoisotopic (exact) mass is 153 g/mol. The van der Waals surface area contributed by atoms with Crippen molar-refractivity contribution >= 4 is 5.84 Å². The molecule has 0 bridgehead atoms. The standard InChI is InChI=1S/C8H9FN2/c1-5-2-3-7(9)6(4-5)8(10)11/h2-4H,1H3,(H3,10,11)/p+1. The van der Waals surface area contributed by atoms with Crippen LogP contribution in [0.2, 0.25) is 0 Å². The van der Waals surface area contributed by atoms with Gasteiger partial charge in [0, 0.05) is 0 Å². The maximum absolute atomic E-state index is 12.8. The van der Waals surface area contributed by atoms with Crippen LogP contribution in [0.5, 0.6) is 0 Å². The van der Waals surface area contributed by atoms with E-state index in [1.807, 2.05) is 6.92 Å². The lowest BCUT2D eigenvalue weighted by Gasteiger charge is -1.97. The van der Waals surface area contributed by atoms with E-state index in [0.717, 1.165) is 5.56 Å². The molecular weight excluding hydrogens is 143 g/mol. The lowest BCUT2D eigenvalue weighted by molar-refractivity contribution is -0.114. The van der Waals surface area contributed by atoms with Gasteiger partial charge in [-0.15, -0.1) is 0 Å². The summed E-state index contributed by atoms with van der Waals surface area (Å²) in [5, 5.41) is 5.24. The minimum absolute atomic E-state index is 0.0196. The number of nitrogens with two attached hydrogens (primary N) is 2. The van der Waals surface area contributed by atoms with Gasteiger partial charge >= 0.3 is 0 Å². The van der Waals surface area contributed by atoms with Crippen molar-refractivity contribution < 1.29 is 9.80 Å². The molecule has 1 aromatic rings. The number of benzene rings is 1. The summed E-state index contributed by atoms with van der Waals surface area (Å²) in [4.78, 5) is 0. The topological polar surface area (TPSA) is 51.6 Å². The van der Waals surface area contributed by atoms with Gasteiger partial charge in [-0.25, -0.2) is 4.39 Å². The second-order valence-electron chi connectivity index (χ2n) is 2.44. The second-order valence-corrected chi connectivity index (χ2v) is 2.44. The molecule has 1 rings (SSSR count). The van der Waals surface area contributed by atoms with Crippen LogP contribution in [0.4, 0.5) is 4.39 Å². The van der Waals surface area contributed by atoms with Crippen LogP contribution >= 0.6 is 0 Å². The first-order valence-corrected chi connectivity index (χ1v) is 3.25. The molecule has 4 N–H and O–H groups in total. The fraction of sp³-hybridized carbons (Fsp3) is 0.125. The highest BCUT2D eigenvalue weighted by atomic mass is 19.1. The van der Waals surface area contributed by atoms with E-state index in [0.29, 0.717) is 0 Å². The highest BCUT2D eigenvalue weighted by Crippen LogP contribution is 2.07. The molecule has 11 heavy (non-hydrogen) atoms. The number of amidine groups is 1. The smallest absolute Gasteiger partial charge is 0.273 e. The molecule has 1 aromatic carbocycles. The van der Waals surface area contributed by atoms with E-state index >= 15 is 0 Å². The van der Waals surface area contributed by atoms with E-state index in [4.69, 9.17) is 11.1 Å². The van der Waals surface area contributed by atoms with Gasteiger partial charge in [0.25, 0.3) is 5.84 Å². The average molecular weight is 153 g/mol. The number of hydrogen-bond donors (Lipinski definition) is 2. The molecule has 0 atom stereocenters. The Morgan fingerprint density at radius 3 is 2.64 bits per heavy atom. The molecule has 2 nitrogen and oxygen atoms in total. The molecule has 0 saturated heterocycles. The van der Waals surface area contributed by atoms with Crippen LogP contribution in [-0.2, 0) is 0 Å². The third-order valence-corrected chi connectivity index (χ3v) is 1.43. The van der Waals surface area contributed by atoms with E-state index < -0.39 is 0 Å². The van der Waals surface area contributed by atoms with Crippen molar-refractivity contribution in [2.45, 2.75) is 6.92 Å². The van der Waals surface area contributed by atoms with Gasteiger partial charge in [0.2, 0.25) is 0 Å². The molecule has 0 radical (unpaired) electrons. The molecule has 0 heterocycles. The van der Waals surface area contributed by atoms with Crippen molar-refractivity contribution in [3.8, 4) is 0 Å². The summed E-state index contributed by atoms with van der Waals surface area (Å²) >= 11 is 0. The zero-order valence-electron chi connectivity index (χ0n) is 6.26. The Morgan fingerprint density at radius 2 is 2.18 bits per heavy atom. The zero-order chi connectivity index (χ0) is 8.43. The summed E-state index contributed by atoms with van der Waals surface area (Å²) in [5.41, 5.74) is 6.46. The van der Waals surface area contributed by atoms with Crippen LogP contribution in [0, 0.1) is 12.7 Å². The van der Waals surface area contributed by atoms with Crippen molar-refractivity contribution in [2.24, 2.45) is 5.73 Å².